The van der Waals surface area contributed by atoms with Crippen molar-refractivity contribution in [1.29, 1.82) is 0 Å². The highest BCUT2D eigenvalue weighted by Crippen LogP contribution is 2.20. The van der Waals surface area contributed by atoms with E-state index in [2.05, 4.69) is 5.32 Å². The van der Waals surface area contributed by atoms with Crippen molar-refractivity contribution in [3.63, 3.8) is 0 Å². The van der Waals surface area contributed by atoms with Crippen molar-refractivity contribution < 1.29 is 14.6 Å². The van der Waals surface area contributed by atoms with Crippen molar-refractivity contribution in [3.8, 4) is 5.75 Å². The van der Waals surface area contributed by atoms with E-state index in [1.807, 2.05) is 0 Å². The van der Waals surface area contributed by atoms with Gasteiger partial charge in [-0.05, 0) is 25.1 Å². The molecule has 4 N–H and O–H groups in total. The van der Waals surface area contributed by atoms with Crippen LogP contribution in [-0.4, -0.2) is 30.8 Å². The number of amides is 1. The van der Waals surface area contributed by atoms with Crippen LogP contribution in [0.2, 0.25) is 0 Å². The van der Waals surface area contributed by atoms with Crippen LogP contribution in [0.1, 0.15) is 17.3 Å². The number of hydrogen-bond acceptors (Lipinski definition) is 4. The zero-order valence-corrected chi connectivity index (χ0v) is 9.36. The van der Waals surface area contributed by atoms with Gasteiger partial charge in [-0.15, -0.1) is 0 Å². The van der Waals surface area contributed by atoms with Crippen molar-refractivity contribution in [2.45, 2.75) is 13.0 Å². The number of aliphatic hydroxyl groups is 1. The Hall–Kier alpha value is -1.75. The number of carbonyl (C=O) groups excluding carboxylic acids is 1. The molecule has 0 saturated heterocycles. The van der Waals surface area contributed by atoms with Gasteiger partial charge in [0, 0.05) is 11.7 Å². The minimum atomic E-state index is -0.314. The predicted octanol–water partition coefficient (Wildman–Crippen LogP) is 0.388. The van der Waals surface area contributed by atoms with E-state index in [0.717, 1.165) is 0 Å². The number of nitrogen functional groups attached to an aromatic ring is 1. The normalized spacial score (nSPS) is 11.9. The van der Waals surface area contributed by atoms with Crippen molar-refractivity contribution in [2.75, 3.05) is 19.5 Å². The third kappa shape index (κ3) is 2.87. The highest BCUT2D eigenvalue weighted by molar-refractivity contribution is 5.98. The second kappa shape index (κ2) is 5.37. The summed E-state index contributed by atoms with van der Waals surface area (Å²) >= 11 is 0. The highest BCUT2D eigenvalue weighted by atomic mass is 16.5. The Morgan fingerprint density at radius 1 is 1.62 bits per heavy atom. The van der Waals surface area contributed by atoms with Gasteiger partial charge in [-0.2, -0.15) is 0 Å². The van der Waals surface area contributed by atoms with Crippen molar-refractivity contribution in [1.82, 2.24) is 5.32 Å². The second-order valence-corrected chi connectivity index (χ2v) is 3.52. The molecule has 0 aliphatic heterocycles. The lowest BCUT2D eigenvalue weighted by Crippen LogP contribution is -2.35. The summed E-state index contributed by atoms with van der Waals surface area (Å²) in [6, 6.07) is 4.52. The average Bonchev–Trinajstić information content (AvgIpc) is 2.28. The molecule has 1 unspecified atom stereocenters. The van der Waals surface area contributed by atoms with Crippen LogP contribution < -0.4 is 15.8 Å². The first-order chi connectivity index (χ1) is 7.58. The average molecular weight is 224 g/mol. The number of ether oxygens (including phenoxy) is 1. The van der Waals surface area contributed by atoms with Gasteiger partial charge < -0.3 is 20.9 Å². The molecule has 1 aromatic carbocycles. The molecule has 1 aromatic rings. The summed E-state index contributed by atoms with van der Waals surface area (Å²) in [5.41, 5.74) is 6.45. The standard InChI is InChI=1S/C11H16N2O3/c1-7(6-14)13-11(15)9-5-8(12)3-4-10(9)16-2/h3-5,7,14H,6,12H2,1-2H3,(H,13,15). The molecule has 16 heavy (non-hydrogen) atoms. The number of nitrogens with one attached hydrogen (secondary N) is 1. The summed E-state index contributed by atoms with van der Waals surface area (Å²) in [5, 5.41) is 11.5. The zero-order chi connectivity index (χ0) is 12.1. The van der Waals surface area contributed by atoms with Gasteiger partial charge in [0.05, 0.1) is 19.3 Å². The quantitative estimate of drug-likeness (QED) is 0.646. The van der Waals surface area contributed by atoms with Crippen LogP contribution in [0.5, 0.6) is 5.75 Å². The number of hydrogen-bond donors (Lipinski definition) is 3. The summed E-state index contributed by atoms with van der Waals surface area (Å²) in [7, 11) is 1.48. The molecule has 0 aliphatic carbocycles. The Balaban J connectivity index is 2.93. The van der Waals surface area contributed by atoms with Gasteiger partial charge in [-0.3, -0.25) is 4.79 Å². The molecule has 0 spiro atoms. The number of methoxy groups -OCH3 is 1. The second-order valence-electron chi connectivity index (χ2n) is 3.52. The van der Waals surface area contributed by atoms with Crippen LogP contribution in [-0.2, 0) is 0 Å². The van der Waals surface area contributed by atoms with Crippen molar-refractivity contribution in [2.24, 2.45) is 0 Å². The molecular weight excluding hydrogens is 208 g/mol. The number of aliphatic hydroxyl groups excluding tert-OH is 1. The Bertz CT molecular complexity index is 379. The third-order valence-electron chi connectivity index (χ3n) is 2.12. The van der Waals surface area contributed by atoms with E-state index in [-0.39, 0.29) is 18.6 Å². The molecule has 1 rings (SSSR count). The van der Waals surface area contributed by atoms with Crippen molar-refractivity contribution in [3.05, 3.63) is 23.8 Å². The summed E-state index contributed by atoms with van der Waals surface area (Å²) in [6.45, 7) is 1.59. The monoisotopic (exact) mass is 224 g/mol. The molecular formula is C11H16N2O3. The Morgan fingerprint density at radius 2 is 2.31 bits per heavy atom. The van der Waals surface area contributed by atoms with Gasteiger partial charge in [-0.25, -0.2) is 0 Å². The molecule has 0 bridgehead atoms. The summed E-state index contributed by atoms with van der Waals surface area (Å²) in [4.78, 5) is 11.8. The first kappa shape index (κ1) is 12.3. The number of rotatable bonds is 4. The van der Waals surface area contributed by atoms with Crippen LogP contribution in [0.3, 0.4) is 0 Å². The number of nitrogens with two attached hydrogens (primary N) is 1. The Kier molecular flexibility index (Phi) is 4.13. The maximum atomic E-state index is 11.8. The van der Waals surface area contributed by atoms with E-state index in [0.29, 0.717) is 17.0 Å². The van der Waals surface area contributed by atoms with Gasteiger partial charge >= 0.3 is 0 Å². The van der Waals surface area contributed by atoms with Gasteiger partial charge in [0.15, 0.2) is 0 Å². The van der Waals surface area contributed by atoms with Gasteiger partial charge in [-0.1, -0.05) is 0 Å². The molecule has 0 aromatic heterocycles. The molecule has 0 radical (unpaired) electrons. The number of anilines is 1. The fourth-order valence-corrected chi connectivity index (χ4v) is 1.25. The van der Waals surface area contributed by atoms with Crippen molar-refractivity contribution >= 4 is 11.6 Å². The smallest absolute Gasteiger partial charge is 0.255 e. The lowest BCUT2D eigenvalue weighted by molar-refractivity contribution is 0.0919. The first-order valence-corrected chi connectivity index (χ1v) is 4.93. The van der Waals surface area contributed by atoms with E-state index >= 15 is 0 Å². The van der Waals surface area contributed by atoms with Gasteiger partial charge in [0.1, 0.15) is 5.75 Å². The largest absolute Gasteiger partial charge is 0.496 e. The predicted molar refractivity (Wildman–Crippen MR) is 61.4 cm³/mol. The topological polar surface area (TPSA) is 84.6 Å². The van der Waals surface area contributed by atoms with Crippen LogP contribution >= 0.6 is 0 Å². The van der Waals surface area contributed by atoms with E-state index in [9.17, 15) is 4.79 Å². The minimum absolute atomic E-state index is 0.115. The zero-order valence-electron chi connectivity index (χ0n) is 9.36. The molecule has 1 amide bonds. The Morgan fingerprint density at radius 3 is 2.88 bits per heavy atom. The van der Waals surface area contributed by atoms with E-state index in [1.165, 1.54) is 13.2 Å². The molecule has 0 heterocycles. The molecule has 0 saturated carbocycles. The fourth-order valence-electron chi connectivity index (χ4n) is 1.25. The van der Waals surface area contributed by atoms with Crippen LogP contribution in [0.25, 0.3) is 0 Å². The lowest BCUT2D eigenvalue weighted by atomic mass is 10.1. The molecule has 5 heteroatoms. The lowest BCUT2D eigenvalue weighted by Gasteiger charge is -2.13. The summed E-state index contributed by atoms with van der Waals surface area (Å²) in [6.07, 6.45) is 0. The summed E-state index contributed by atoms with van der Waals surface area (Å²) in [5.74, 6) is 0.141. The highest BCUT2D eigenvalue weighted by Gasteiger charge is 2.14. The Labute approximate surface area is 94.2 Å². The van der Waals surface area contributed by atoms with E-state index < -0.39 is 0 Å². The van der Waals surface area contributed by atoms with Crippen LogP contribution in [0.15, 0.2) is 18.2 Å². The molecule has 5 nitrogen and oxygen atoms in total. The molecule has 0 fully saturated rings. The third-order valence-corrected chi connectivity index (χ3v) is 2.12. The minimum Gasteiger partial charge on any atom is -0.496 e. The maximum Gasteiger partial charge on any atom is 0.255 e. The summed E-state index contributed by atoms with van der Waals surface area (Å²) < 4.78 is 5.06. The number of benzene rings is 1. The van der Waals surface area contributed by atoms with Crippen LogP contribution in [0.4, 0.5) is 5.69 Å². The maximum absolute atomic E-state index is 11.8. The number of carbonyl (C=O) groups is 1. The molecule has 1 atom stereocenters. The van der Waals surface area contributed by atoms with E-state index in [4.69, 9.17) is 15.6 Å². The SMILES string of the molecule is COc1ccc(N)cc1C(=O)NC(C)CO. The molecule has 0 aliphatic rings. The van der Waals surface area contributed by atoms with Gasteiger partial charge in [0.2, 0.25) is 0 Å². The molecule has 88 valence electrons. The van der Waals surface area contributed by atoms with Gasteiger partial charge in [0.25, 0.3) is 5.91 Å². The fraction of sp³-hybridized carbons (Fsp3) is 0.364. The first-order valence-electron chi connectivity index (χ1n) is 4.93. The van der Waals surface area contributed by atoms with E-state index in [1.54, 1.807) is 19.1 Å². The van der Waals surface area contributed by atoms with Crippen LogP contribution in [0, 0.1) is 0 Å².